The third-order valence-corrected chi connectivity index (χ3v) is 4.92. The van der Waals surface area contributed by atoms with Gasteiger partial charge in [-0.05, 0) is 0 Å². The topological polar surface area (TPSA) is 34.1 Å². The van der Waals surface area contributed by atoms with Crippen molar-refractivity contribution in [2.45, 2.75) is 21.7 Å². The van der Waals surface area contributed by atoms with E-state index in [1.165, 1.54) is 0 Å². The molecule has 0 bridgehead atoms. The molecule has 0 aliphatic carbocycles. The summed E-state index contributed by atoms with van der Waals surface area (Å²) in [7, 11) is 0. The van der Waals surface area contributed by atoms with Crippen molar-refractivity contribution in [3.8, 4) is 0 Å². The molecule has 0 atom stereocenters. The average molecular weight is 297 g/mol. The predicted molar refractivity (Wildman–Crippen MR) is 52.6 cm³/mol. The van der Waals surface area contributed by atoms with Crippen LogP contribution >= 0.6 is 25.3 Å². The zero-order valence-corrected chi connectivity index (χ0v) is 10.7. The minimum absolute atomic E-state index is 0.0388. The maximum absolute atomic E-state index is 10.4. The van der Waals surface area contributed by atoms with Crippen LogP contribution < -0.4 is 0 Å². The molecule has 0 saturated heterocycles. The normalized spacial score (nSPS) is 9.64. The Bertz CT molecular complexity index is 134. The molecule has 0 aliphatic rings. The van der Waals surface area contributed by atoms with Gasteiger partial charge in [0.2, 0.25) is 0 Å². The van der Waals surface area contributed by atoms with Gasteiger partial charge in [0.15, 0.2) is 0 Å². The molecule has 0 aliphatic heterocycles. The SMILES string of the molecule is O=C(S)C[CH2][Sn][CH2]CC(=O)S. The van der Waals surface area contributed by atoms with Crippen LogP contribution in [0, 0.1) is 0 Å². The van der Waals surface area contributed by atoms with Crippen LogP contribution in [-0.4, -0.2) is 31.4 Å². The molecule has 2 nitrogen and oxygen atoms in total. The fraction of sp³-hybridized carbons (Fsp3) is 0.667. The summed E-state index contributed by atoms with van der Waals surface area (Å²) in [4.78, 5) is 20.7. The summed E-state index contributed by atoms with van der Waals surface area (Å²) in [5.74, 6) is 0. The minimum atomic E-state index is -0.464. The van der Waals surface area contributed by atoms with Gasteiger partial charge in [-0.15, -0.1) is 0 Å². The van der Waals surface area contributed by atoms with Crippen LogP contribution in [0.25, 0.3) is 0 Å². The monoisotopic (exact) mass is 298 g/mol. The maximum atomic E-state index is 10.4. The van der Waals surface area contributed by atoms with Gasteiger partial charge in [0.25, 0.3) is 0 Å². The van der Waals surface area contributed by atoms with E-state index in [9.17, 15) is 9.59 Å². The van der Waals surface area contributed by atoms with Crippen molar-refractivity contribution in [3.63, 3.8) is 0 Å². The van der Waals surface area contributed by atoms with Crippen LogP contribution in [0.3, 0.4) is 0 Å². The third-order valence-electron chi connectivity index (χ3n) is 1.03. The Kier molecular flexibility index (Phi) is 8.06. The van der Waals surface area contributed by atoms with Crippen molar-refractivity contribution in [3.05, 3.63) is 0 Å². The molecule has 0 amide bonds. The van der Waals surface area contributed by atoms with Gasteiger partial charge >= 0.3 is 87.9 Å². The van der Waals surface area contributed by atoms with Gasteiger partial charge < -0.3 is 0 Å². The Labute approximate surface area is 87.5 Å². The summed E-state index contributed by atoms with van der Waals surface area (Å²) in [6, 6.07) is 0. The first-order valence-electron chi connectivity index (χ1n) is 3.27. The standard InChI is InChI=1S/2C3H5OS.Sn/c2*1-2-3(4)5;/h2*1-2H2,(H,4,5);. The van der Waals surface area contributed by atoms with E-state index in [2.05, 4.69) is 25.3 Å². The number of thiol groups is 2. The van der Waals surface area contributed by atoms with Crippen molar-refractivity contribution in [2.75, 3.05) is 0 Å². The van der Waals surface area contributed by atoms with Crippen molar-refractivity contribution in [1.29, 1.82) is 0 Å². The third kappa shape index (κ3) is 10.8. The molecule has 5 heteroatoms. The van der Waals surface area contributed by atoms with E-state index in [0.717, 1.165) is 8.87 Å². The molecule has 0 saturated carbocycles. The van der Waals surface area contributed by atoms with Gasteiger partial charge in [0.1, 0.15) is 0 Å². The molecule has 0 N–H and O–H groups in total. The zero-order valence-electron chi connectivity index (χ0n) is 6.04. The molecule has 0 aromatic rings. The zero-order chi connectivity index (χ0) is 8.69. The summed E-state index contributed by atoms with van der Waals surface area (Å²) >= 11 is 6.83. The van der Waals surface area contributed by atoms with Gasteiger partial charge in [-0.3, -0.25) is 0 Å². The van der Waals surface area contributed by atoms with Gasteiger partial charge in [-0.25, -0.2) is 0 Å². The predicted octanol–water partition coefficient (Wildman–Crippen LogP) is 1.22. The van der Waals surface area contributed by atoms with Crippen LogP contribution in [-0.2, 0) is 9.59 Å². The number of hydrogen-bond acceptors (Lipinski definition) is 2. The fourth-order valence-electron chi connectivity index (χ4n) is 0.516. The number of rotatable bonds is 6. The van der Waals surface area contributed by atoms with E-state index in [0.29, 0.717) is 12.8 Å². The van der Waals surface area contributed by atoms with Gasteiger partial charge in [-0.1, -0.05) is 0 Å². The average Bonchev–Trinajstić information content (AvgIpc) is 1.85. The number of carbonyl (C=O) groups is 2. The molecule has 0 unspecified atom stereocenters. The first-order valence-corrected chi connectivity index (χ1v) is 8.20. The van der Waals surface area contributed by atoms with Crippen molar-refractivity contribution in [2.24, 2.45) is 0 Å². The summed E-state index contributed by atoms with van der Waals surface area (Å²) in [5, 5.41) is -0.0776. The second kappa shape index (κ2) is 7.49. The van der Waals surface area contributed by atoms with E-state index in [4.69, 9.17) is 0 Å². The Balaban J connectivity index is 3.03. The Hall–Kier alpha value is 0.839. The van der Waals surface area contributed by atoms with Crippen LogP contribution in [0.4, 0.5) is 0 Å². The van der Waals surface area contributed by atoms with Crippen LogP contribution in [0.2, 0.25) is 8.87 Å². The quantitative estimate of drug-likeness (QED) is 0.439. The molecule has 0 fully saturated rings. The molecule has 0 rings (SSSR count). The second-order valence-corrected chi connectivity index (χ2v) is 7.32. The van der Waals surface area contributed by atoms with E-state index >= 15 is 0 Å². The summed E-state index contributed by atoms with van der Waals surface area (Å²) in [5.41, 5.74) is 0. The van der Waals surface area contributed by atoms with Crippen molar-refractivity contribution < 1.29 is 9.59 Å². The summed E-state index contributed by atoms with van der Waals surface area (Å²) in [6.07, 6.45) is 1.16. The van der Waals surface area contributed by atoms with E-state index in [-0.39, 0.29) is 10.2 Å². The summed E-state index contributed by atoms with van der Waals surface area (Å²) in [6.45, 7) is 0. The Morgan fingerprint density at radius 1 is 1.00 bits per heavy atom. The van der Waals surface area contributed by atoms with Gasteiger partial charge in [-0.2, -0.15) is 0 Å². The second-order valence-electron chi connectivity index (χ2n) is 2.04. The van der Waals surface area contributed by atoms with Crippen LogP contribution in [0.5, 0.6) is 0 Å². The molecule has 11 heavy (non-hydrogen) atoms. The fourth-order valence-corrected chi connectivity index (χ4v) is 4.96. The van der Waals surface area contributed by atoms with Gasteiger partial charge in [0.05, 0.1) is 0 Å². The summed E-state index contributed by atoms with van der Waals surface area (Å²) < 4.78 is 1.99. The molecule has 0 spiro atoms. The van der Waals surface area contributed by atoms with E-state index in [1.54, 1.807) is 0 Å². The molecule has 0 heterocycles. The first-order chi connectivity index (χ1) is 5.13. The van der Waals surface area contributed by atoms with Crippen molar-refractivity contribution in [1.82, 2.24) is 0 Å². The van der Waals surface area contributed by atoms with Crippen LogP contribution in [0.1, 0.15) is 12.8 Å². The first kappa shape index (κ1) is 11.8. The van der Waals surface area contributed by atoms with E-state index < -0.39 is 21.1 Å². The van der Waals surface area contributed by atoms with Gasteiger partial charge in [0, 0.05) is 0 Å². The molecular weight excluding hydrogens is 287 g/mol. The Morgan fingerprint density at radius 3 is 1.64 bits per heavy atom. The molecule has 2 radical (unpaired) electrons. The van der Waals surface area contributed by atoms with Crippen molar-refractivity contribution >= 4 is 56.6 Å². The number of hydrogen-bond donors (Lipinski definition) is 2. The molecule has 0 aromatic heterocycles. The Morgan fingerprint density at radius 2 is 1.36 bits per heavy atom. The molecule has 62 valence electrons. The number of carbonyl (C=O) groups excluding carboxylic acids is 2. The van der Waals surface area contributed by atoms with E-state index in [1.807, 2.05) is 0 Å². The molecule has 0 aromatic carbocycles. The molecular formula is C6H10O2S2Sn. The van der Waals surface area contributed by atoms with Crippen LogP contribution in [0.15, 0.2) is 0 Å².